The molecule has 1 aliphatic heterocycles. The van der Waals surface area contributed by atoms with E-state index in [1.165, 1.54) is 0 Å². The van der Waals surface area contributed by atoms with E-state index in [-0.39, 0.29) is 17.7 Å². The first-order valence-electron chi connectivity index (χ1n) is 10.1. The first-order chi connectivity index (χ1) is 13.6. The van der Waals surface area contributed by atoms with Crippen LogP contribution in [0.15, 0.2) is 0 Å². The van der Waals surface area contributed by atoms with Gasteiger partial charge < -0.3 is 31.5 Å². The monoisotopic (exact) mass is 412 g/mol. The molecule has 1 saturated heterocycles. The molecule has 0 aromatic carbocycles. The van der Waals surface area contributed by atoms with E-state index in [1.54, 1.807) is 6.92 Å². The third-order valence-electron chi connectivity index (χ3n) is 5.82. The Bertz CT molecular complexity index is 636. The van der Waals surface area contributed by atoms with Crippen LogP contribution >= 0.6 is 0 Å². The van der Waals surface area contributed by atoms with Crippen molar-refractivity contribution in [2.75, 3.05) is 13.1 Å². The molecule has 1 saturated carbocycles. The Morgan fingerprint density at radius 3 is 2.52 bits per heavy atom. The van der Waals surface area contributed by atoms with Crippen molar-refractivity contribution in [2.24, 2.45) is 17.1 Å². The molecule has 2 unspecified atom stereocenters. The molecule has 2 fully saturated rings. The van der Waals surface area contributed by atoms with E-state index < -0.39 is 42.1 Å². The van der Waals surface area contributed by atoms with Crippen LogP contribution in [0.5, 0.6) is 0 Å². The van der Waals surface area contributed by atoms with Crippen molar-refractivity contribution in [1.29, 1.82) is 0 Å². The topological polar surface area (TPSA) is 160 Å². The number of rotatable bonds is 10. The van der Waals surface area contributed by atoms with E-state index in [9.17, 15) is 24.3 Å². The summed E-state index contributed by atoms with van der Waals surface area (Å²) in [5.41, 5.74) is 5.00. The Morgan fingerprint density at radius 1 is 1.34 bits per heavy atom. The molecule has 0 aromatic rings. The summed E-state index contributed by atoms with van der Waals surface area (Å²) in [7, 11) is 0. The summed E-state index contributed by atoms with van der Waals surface area (Å²) in [5.74, 6) is -1.89. The molecule has 0 aromatic heterocycles. The van der Waals surface area contributed by atoms with Gasteiger partial charge in [-0.15, -0.1) is 0 Å². The number of nitrogens with two attached hydrogens (primary N) is 1. The molecule has 10 heteroatoms. The average Bonchev–Trinajstić information content (AvgIpc) is 3.03. The van der Waals surface area contributed by atoms with Crippen LogP contribution in [-0.4, -0.2) is 60.3 Å². The average molecular weight is 412 g/mol. The number of aliphatic hydroxyl groups excluding tert-OH is 1. The number of amides is 4. The lowest BCUT2D eigenvalue weighted by molar-refractivity contribution is -0.137. The molecule has 4 atom stereocenters. The first kappa shape index (κ1) is 22.9. The summed E-state index contributed by atoms with van der Waals surface area (Å²) < 4.78 is 5.03. The lowest BCUT2D eigenvalue weighted by Gasteiger charge is -2.40. The summed E-state index contributed by atoms with van der Waals surface area (Å²) in [6.07, 6.45) is 0.0669. The van der Waals surface area contributed by atoms with Gasteiger partial charge in [0.05, 0.1) is 6.04 Å². The van der Waals surface area contributed by atoms with Crippen molar-refractivity contribution in [3.8, 4) is 0 Å². The summed E-state index contributed by atoms with van der Waals surface area (Å²) in [5, 5.41) is 18.3. The van der Waals surface area contributed by atoms with Gasteiger partial charge in [-0.25, -0.2) is 4.79 Å². The highest BCUT2D eigenvalue weighted by molar-refractivity contribution is 5.86. The molecular formula is C19H32N4O6. The zero-order valence-corrected chi connectivity index (χ0v) is 17.0. The van der Waals surface area contributed by atoms with Gasteiger partial charge in [-0.1, -0.05) is 13.3 Å². The number of primary amides is 1. The van der Waals surface area contributed by atoms with Crippen molar-refractivity contribution in [1.82, 2.24) is 16.0 Å². The normalized spacial score (nSPS) is 23.1. The zero-order chi connectivity index (χ0) is 21.6. The largest absolute Gasteiger partial charge is 0.436 e. The van der Waals surface area contributed by atoms with Crippen LogP contribution in [0, 0.1) is 11.3 Å². The van der Waals surface area contributed by atoms with Gasteiger partial charge in [-0.2, -0.15) is 0 Å². The third kappa shape index (κ3) is 6.31. The van der Waals surface area contributed by atoms with Crippen LogP contribution in [0.4, 0.5) is 4.79 Å². The highest BCUT2D eigenvalue weighted by Crippen LogP contribution is 2.44. The fraction of sp³-hybridized carbons (Fsp3) is 0.789. The maximum Gasteiger partial charge on any atom is 0.405 e. The van der Waals surface area contributed by atoms with E-state index in [1.807, 2.05) is 6.92 Å². The number of aliphatic hydroxyl groups is 1. The van der Waals surface area contributed by atoms with Crippen molar-refractivity contribution < 1.29 is 29.0 Å². The van der Waals surface area contributed by atoms with Gasteiger partial charge >= 0.3 is 6.09 Å². The van der Waals surface area contributed by atoms with Gasteiger partial charge in [0.1, 0.15) is 0 Å². The molecule has 2 aliphatic rings. The second kappa shape index (κ2) is 9.91. The Balaban J connectivity index is 2.12. The Hall–Kier alpha value is -2.36. The fourth-order valence-corrected chi connectivity index (χ4v) is 3.94. The first-order valence-corrected chi connectivity index (χ1v) is 10.1. The standard InChI is InChI=1S/C19H32N4O6/c1-3-21-17(27)14(24)12(9-11-5-8-22-15(11)25)23-16(26)13(29-18(20)28)10-19(2)6-4-7-19/h11-14,24H,3-10H2,1-2H3,(H2,20,28)(H,21,27)(H,22,25)(H,23,26)/t11-,12-,13?,14?/m0/s1. The van der Waals surface area contributed by atoms with Crippen LogP contribution in [0.3, 0.4) is 0 Å². The molecule has 4 amide bonds. The minimum Gasteiger partial charge on any atom is -0.436 e. The quantitative estimate of drug-likeness (QED) is 0.326. The molecular weight excluding hydrogens is 380 g/mol. The van der Waals surface area contributed by atoms with Crippen molar-refractivity contribution in [3.63, 3.8) is 0 Å². The number of carbonyl (C=O) groups excluding carboxylic acids is 4. The predicted octanol–water partition coefficient (Wildman–Crippen LogP) is -0.461. The van der Waals surface area contributed by atoms with Crippen LogP contribution < -0.4 is 21.7 Å². The molecule has 29 heavy (non-hydrogen) atoms. The fourth-order valence-electron chi connectivity index (χ4n) is 3.94. The predicted molar refractivity (Wildman–Crippen MR) is 103 cm³/mol. The van der Waals surface area contributed by atoms with Crippen molar-refractivity contribution >= 4 is 23.8 Å². The van der Waals surface area contributed by atoms with Crippen molar-refractivity contribution in [3.05, 3.63) is 0 Å². The highest BCUT2D eigenvalue weighted by atomic mass is 16.6. The minimum atomic E-state index is -1.54. The smallest absolute Gasteiger partial charge is 0.405 e. The molecule has 2 rings (SSSR count). The van der Waals surface area contributed by atoms with E-state index in [0.29, 0.717) is 25.9 Å². The van der Waals surface area contributed by atoms with Gasteiger partial charge in [0.2, 0.25) is 5.91 Å². The SMILES string of the molecule is CCNC(=O)C(O)[C@H](C[C@@H]1CCNC1=O)NC(=O)C(CC1(C)CCC1)OC(N)=O. The zero-order valence-electron chi connectivity index (χ0n) is 17.0. The second-order valence-corrected chi connectivity index (χ2v) is 8.26. The number of likely N-dealkylation sites (N-methyl/N-ethyl adjacent to an activating group) is 1. The lowest BCUT2D eigenvalue weighted by Crippen LogP contribution is -2.55. The van der Waals surface area contributed by atoms with Gasteiger partial charge in [0.15, 0.2) is 12.2 Å². The molecule has 0 bridgehead atoms. The molecule has 164 valence electrons. The van der Waals surface area contributed by atoms with Gasteiger partial charge in [0, 0.05) is 19.0 Å². The van der Waals surface area contributed by atoms with Crippen LogP contribution in [0.1, 0.15) is 52.4 Å². The van der Waals surface area contributed by atoms with Crippen molar-refractivity contribution in [2.45, 2.75) is 70.6 Å². The third-order valence-corrected chi connectivity index (χ3v) is 5.82. The Morgan fingerprint density at radius 2 is 2.03 bits per heavy atom. The molecule has 10 nitrogen and oxygen atoms in total. The number of nitrogens with one attached hydrogen (secondary N) is 3. The number of carbonyl (C=O) groups is 4. The van der Waals surface area contributed by atoms with E-state index >= 15 is 0 Å². The van der Waals surface area contributed by atoms with E-state index in [2.05, 4.69) is 16.0 Å². The van der Waals surface area contributed by atoms with Gasteiger partial charge in [0.25, 0.3) is 11.8 Å². The summed E-state index contributed by atoms with van der Waals surface area (Å²) in [4.78, 5) is 48.2. The number of hydrogen-bond acceptors (Lipinski definition) is 6. The van der Waals surface area contributed by atoms with Crippen LogP contribution in [0.2, 0.25) is 0 Å². The molecule has 1 aliphatic carbocycles. The van der Waals surface area contributed by atoms with Crippen LogP contribution in [0.25, 0.3) is 0 Å². The summed E-state index contributed by atoms with van der Waals surface area (Å²) in [6.45, 7) is 4.53. The minimum absolute atomic E-state index is 0.0937. The molecule has 1 heterocycles. The maximum absolute atomic E-state index is 12.9. The maximum atomic E-state index is 12.9. The number of hydrogen-bond donors (Lipinski definition) is 5. The summed E-state index contributed by atoms with van der Waals surface area (Å²) >= 11 is 0. The van der Waals surface area contributed by atoms with E-state index in [4.69, 9.17) is 10.5 Å². The highest BCUT2D eigenvalue weighted by Gasteiger charge is 2.40. The van der Waals surface area contributed by atoms with Crippen LogP contribution in [-0.2, 0) is 19.1 Å². The van der Waals surface area contributed by atoms with Gasteiger partial charge in [-0.05, 0) is 44.4 Å². The molecule has 0 spiro atoms. The summed E-state index contributed by atoms with van der Waals surface area (Å²) in [6, 6.07) is -1.00. The molecule has 0 radical (unpaired) electrons. The van der Waals surface area contributed by atoms with Gasteiger partial charge in [-0.3, -0.25) is 14.4 Å². The Kier molecular flexibility index (Phi) is 7.83. The molecule has 6 N–H and O–H groups in total. The Labute approximate surface area is 170 Å². The lowest BCUT2D eigenvalue weighted by atomic mass is 9.67. The van der Waals surface area contributed by atoms with E-state index in [0.717, 1.165) is 19.3 Å². The second-order valence-electron chi connectivity index (χ2n) is 8.26. The number of ether oxygens (including phenoxy) is 1.